The number of hydrogen-bond donors (Lipinski definition) is 0. The highest BCUT2D eigenvalue weighted by atomic mass is 35.5. The number of nitrogens with zero attached hydrogens (tertiary/aromatic N) is 3. The molecule has 2 atom stereocenters. The quantitative estimate of drug-likeness (QED) is 0.497. The summed E-state index contributed by atoms with van der Waals surface area (Å²) in [7, 11) is 2.03. The summed E-state index contributed by atoms with van der Waals surface area (Å²) in [5, 5.41) is 2.27. The largest absolute Gasteiger partial charge is 0.333 e. The summed E-state index contributed by atoms with van der Waals surface area (Å²) in [6.45, 7) is 3.73. The Balaban J connectivity index is 0.00000280. The molecule has 0 radical (unpaired) electrons. The van der Waals surface area contributed by atoms with Crippen LogP contribution in [-0.2, 0) is 4.79 Å². The van der Waals surface area contributed by atoms with Gasteiger partial charge in [0, 0.05) is 35.0 Å². The van der Waals surface area contributed by atoms with Crippen LogP contribution < -0.4 is 4.90 Å². The van der Waals surface area contributed by atoms with Gasteiger partial charge in [-0.3, -0.25) is 14.7 Å². The van der Waals surface area contributed by atoms with Crippen molar-refractivity contribution in [1.82, 2.24) is 4.90 Å². The van der Waals surface area contributed by atoms with Crippen molar-refractivity contribution >= 4 is 64.1 Å². The smallest absolute Gasteiger partial charge is 0.225 e. The fraction of sp³-hybridized carbons (Fsp3) is 0.600. The van der Waals surface area contributed by atoms with E-state index in [9.17, 15) is 4.79 Å². The Morgan fingerprint density at radius 3 is 2.25 bits per heavy atom. The standard InChI is InChI=1S/C20H27Cl2N3OS.ClH/c1-13-19(25(14(2)26)18-11-15(21)10-16(22)12-18)24(3)20(27-13)23-17-8-6-4-5-7-9-17;/h10-13,17,19H,4-9H2,1-3H3;1H. The lowest BCUT2D eigenvalue weighted by Gasteiger charge is -2.35. The molecule has 0 bridgehead atoms. The normalized spacial score (nSPS) is 24.8. The summed E-state index contributed by atoms with van der Waals surface area (Å²) in [4.78, 5) is 21.5. The number of hydrogen-bond acceptors (Lipinski definition) is 3. The second-order valence-corrected chi connectivity index (χ2v) is 9.64. The molecule has 1 aliphatic carbocycles. The predicted octanol–water partition coefficient (Wildman–Crippen LogP) is 6.24. The van der Waals surface area contributed by atoms with Gasteiger partial charge < -0.3 is 4.90 Å². The Kier molecular flexibility index (Phi) is 8.80. The van der Waals surface area contributed by atoms with Crippen LogP contribution in [0.4, 0.5) is 5.69 Å². The third kappa shape index (κ3) is 5.50. The van der Waals surface area contributed by atoms with Gasteiger partial charge in [0.2, 0.25) is 5.91 Å². The lowest BCUT2D eigenvalue weighted by Crippen LogP contribution is -2.50. The van der Waals surface area contributed by atoms with E-state index in [-0.39, 0.29) is 29.7 Å². The third-order valence-corrected chi connectivity index (χ3v) is 6.91. The van der Waals surface area contributed by atoms with Gasteiger partial charge in [0.15, 0.2) is 5.17 Å². The fourth-order valence-electron chi connectivity index (χ4n) is 3.99. The minimum Gasteiger partial charge on any atom is -0.333 e. The predicted molar refractivity (Wildman–Crippen MR) is 124 cm³/mol. The number of benzene rings is 1. The van der Waals surface area contributed by atoms with E-state index in [1.807, 2.05) is 7.05 Å². The van der Waals surface area contributed by atoms with Crippen LogP contribution in [0.2, 0.25) is 10.0 Å². The molecule has 2 aliphatic rings. The van der Waals surface area contributed by atoms with Crippen LogP contribution in [0.3, 0.4) is 0 Å². The topological polar surface area (TPSA) is 35.9 Å². The van der Waals surface area contributed by atoms with Crippen LogP contribution in [0, 0.1) is 0 Å². The van der Waals surface area contributed by atoms with E-state index in [1.54, 1.807) is 41.8 Å². The molecule has 156 valence electrons. The maximum absolute atomic E-state index is 12.6. The Morgan fingerprint density at radius 2 is 1.71 bits per heavy atom. The van der Waals surface area contributed by atoms with E-state index in [2.05, 4.69) is 11.8 Å². The molecule has 1 aromatic rings. The van der Waals surface area contributed by atoms with Crippen molar-refractivity contribution in [3.8, 4) is 0 Å². The molecule has 1 aromatic carbocycles. The van der Waals surface area contributed by atoms with Crippen LogP contribution in [-0.4, -0.2) is 40.5 Å². The van der Waals surface area contributed by atoms with Gasteiger partial charge in [-0.1, -0.05) is 60.6 Å². The Labute approximate surface area is 188 Å². The second-order valence-electron chi connectivity index (χ2n) is 7.42. The monoisotopic (exact) mass is 463 g/mol. The van der Waals surface area contributed by atoms with E-state index in [1.165, 1.54) is 25.7 Å². The number of aliphatic imine (C=N–C) groups is 1. The highest BCUT2D eigenvalue weighted by Crippen LogP contribution is 2.37. The van der Waals surface area contributed by atoms with E-state index >= 15 is 0 Å². The first kappa shape index (κ1) is 23.7. The summed E-state index contributed by atoms with van der Waals surface area (Å²) >= 11 is 14.1. The Bertz CT molecular complexity index is 702. The van der Waals surface area contributed by atoms with Crippen molar-refractivity contribution in [2.75, 3.05) is 11.9 Å². The average molecular weight is 465 g/mol. The van der Waals surface area contributed by atoms with Crippen molar-refractivity contribution in [2.24, 2.45) is 4.99 Å². The minimum atomic E-state index is -0.119. The number of carbonyl (C=O) groups excluding carboxylic acids is 1. The SMILES string of the molecule is CC(=O)N(c1cc(Cl)cc(Cl)c1)C1C(C)SC(=NC2CCCCCC2)N1C.Cl. The molecular formula is C20H28Cl3N3OS. The molecule has 0 N–H and O–H groups in total. The molecular weight excluding hydrogens is 437 g/mol. The van der Waals surface area contributed by atoms with Crippen LogP contribution >= 0.6 is 47.4 Å². The molecule has 1 saturated heterocycles. The number of anilines is 1. The number of thioether (sulfide) groups is 1. The molecule has 1 aliphatic heterocycles. The minimum absolute atomic E-state index is 0. The van der Waals surface area contributed by atoms with Gasteiger partial charge in [-0.05, 0) is 38.0 Å². The van der Waals surface area contributed by atoms with Gasteiger partial charge in [0.05, 0.1) is 6.04 Å². The third-order valence-electron chi connectivity index (χ3n) is 5.26. The maximum Gasteiger partial charge on any atom is 0.225 e. The van der Waals surface area contributed by atoms with Crippen LogP contribution in [0.5, 0.6) is 0 Å². The van der Waals surface area contributed by atoms with Crippen molar-refractivity contribution in [2.45, 2.75) is 69.8 Å². The van der Waals surface area contributed by atoms with Gasteiger partial charge in [0.25, 0.3) is 0 Å². The van der Waals surface area contributed by atoms with Crippen molar-refractivity contribution < 1.29 is 4.79 Å². The highest BCUT2D eigenvalue weighted by molar-refractivity contribution is 8.14. The summed E-state index contributed by atoms with van der Waals surface area (Å²) in [5.74, 6) is -0.0339. The number of rotatable bonds is 3. The molecule has 4 nitrogen and oxygen atoms in total. The van der Waals surface area contributed by atoms with E-state index in [4.69, 9.17) is 28.2 Å². The molecule has 2 fully saturated rings. The number of halogens is 3. The molecule has 2 unspecified atom stereocenters. The van der Waals surface area contributed by atoms with Crippen LogP contribution in [0.15, 0.2) is 23.2 Å². The summed E-state index contributed by atoms with van der Waals surface area (Å²) < 4.78 is 0. The molecule has 0 aromatic heterocycles. The zero-order valence-corrected chi connectivity index (χ0v) is 19.7. The molecule has 8 heteroatoms. The van der Waals surface area contributed by atoms with Gasteiger partial charge in [-0.15, -0.1) is 12.4 Å². The zero-order valence-electron chi connectivity index (χ0n) is 16.5. The maximum atomic E-state index is 12.6. The molecule has 3 rings (SSSR count). The average Bonchev–Trinajstić information content (AvgIpc) is 2.78. The zero-order chi connectivity index (χ0) is 19.6. The van der Waals surface area contributed by atoms with Gasteiger partial charge in [-0.2, -0.15) is 0 Å². The Morgan fingerprint density at radius 1 is 1.14 bits per heavy atom. The molecule has 1 heterocycles. The lowest BCUT2D eigenvalue weighted by molar-refractivity contribution is -0.117. The summed E-state index contributed by atoms with van der Waals surface area (Å²) in [5.41, 5.74) is 0.722. The van der Waals surface area contributed by atoms with Gasteiger partial charge in [-0.25, -0.2) is 0 Å². The summed E-state index contributed by atoms with van der Waals surface area (Å²) in [6, 6.07) is 5.66. The highest BCUT2D eigenvalue weighted by Gasteiger charge is 2.40. The van der Waals surface area contributed by atoms with Crippen molar-refractivity contribution in [3.05, 3.63) is 28.2 Å². The Hall–Kier alpha value is -0.620. The molecule has 0 spiro atoms. The number of amidine groups is 1. The first-order valence-corrected chi connectivity index (χ1v) is 11.2. The molecule has 1 saturated carbocycles. The van der Waals surface area contributed by atoms with E-state index in [0.717, 1.165) is 23.7 Å². The first-order chi connectivity index (χ1) is 12.9. The number of amides is 1. The van der Waals surface area contributed by atoms with Gasteiger partial charge in [0.1, 0.15) is 6.17 Å². The summed E-state index contributed by atoms with van der Waals surface area (Å²) in [6.07, 6.45) is 7.36. The van der Waals surface area contributed by atoms with Crippen molar-refractivity contribution in [1.29, 1.82) is 0 Å². The first-order valence-electron chi connectivity index (χ1n) is 9.60. The molecule has 1 amide bonds. The van der Waals surface area contributed by atoms with E-state index in [0.29, 0.717) is 16.1 Å². The molecule has 28 heavy (non-hydrogen) atoms. The van der Waals surface area contributed by atoms with E-state index < -0.39 is 0 Å². The van der Waals surface area contributed by atoms with Crippen molar-refractivity contribution in [3.63, 3.8) is 0 Å². The van der Waals surface area contributed by atoms with Crippen LogP contribution in [0.1, 0.15) is 52.4 Å². The van der Waals surface area contributed by atoms with Gasteiger partial charge >= 0.3 is 0 Å². The fourth-order valence-corrected chi connectivity index (χ4v) is 5.74. The lowest BCUT2D eigenvalue weighted by atomic mass is 10.1. The second kappa shape index (κ2) is 10.4. The number of carbonyl (C=O) groups is 1. The van der Waals surface area contributed by atoms with Crippen LogP contribution in [0.25, 0.3) is 0 Å².